The van der Waals surface area contributed by atoms with E-state index in [0.29, 0.717) is 12.1 Å². The van der Waals surface area contributed by atoms with E-state index in [1.165, 1.54) is 0 Å². The Hall–Kier alpha value is -1.32. The summed E-state index contributed by atoms with van der Waals surface area (Å²) in [6.45, 7) is 4.98. The zero-order valence-electron chi connectivity index (χ0n) is 9.40. The van der Waals surface area contributed by atoms with Gasteiger partial charge in [0.15, 0.2) is 0 Å². The SMILES string of the molecule is CC(C)(C)C(=O)Cc1c(F)cc(F)cc1F. The molecule has 0 amide bonds. The minimum atomic E-state index is -1.02. The molecule has 1 aromatic carbocycles. The van der Waals surface area contributed by atoms with E-state index in [-0.39, 0.29) is 17.8 Å². The number of hydrogen-bond donors (Lipinski definition) is 0. The lowest BCUT2D eigenvalue weighted by atomic mass is 9.87. The number of rotatable bonds is 2. The van der Waals surface area contributed by atoms with Crippen LogP contribution in [0, 0.1) is 22.9 Å². The highest BCUT2D eigenvalue weighted by Crippen LogP contribution is 2.21. The largest absolute Gasteiger partial charge is 0.299 e. The summed E-state index contributed by atoms with van der Waals surface area (Å²) in [6.07, 6.45) is -0.360. The van der Waals surface area contributed by atoms with Crippen molar-refractivity contribution in [3.05, 3.63) is 35.1 Å². The molecule has 0 aliphatic rings. The van der Waals surface area contributed by atoms with Gasteiger partial charge in [0.25, 0.3) is 0 Å². The summed E-state index contributed by atoms with van der Waals surface area (Å²) in [5, 5.41) is 0. The van der Waals surface area contributed by atoms with Crippen LogP contribution in [0.3, 0.4) is 0 Å². The highest BCUT2D eigenvalue weighted by atomic mass is 19.1. The van der Waals surface area contributed by atoms with Crippen molar-refractivity contribution in [1.29, 1.82) is 0 Å². The first-order valence-electron chi connectivity index (χ1n) is 4.88. The molecule has 0 atom stereocenters. The van der Waals surface area contributed by atoms with Crippen molar-refractivity contribution in [2.45, 2.75) is 27.2 Å². The molecular weight excluding hydrogens is 217 g/mol. The van der Waals surface area contributed by atoms with Crippen LogP contribution in [0.5, 0.6) is 0 Å². The average molecular weight is 230 g/mol. The molecule has 0 bridgehead atoms. The quantitative estimate of drug-likeness (QED) is 0.762. The van der Waals surface area contributed by atoms with Crippen LogP contribution >= 0.6 is 0 Å². The molecule has 0 aliphatic carbocycles. The number of carbonyl (C=O) groups excluding carboxylic acids is 1. The lowest BCUT2D eigenvalue weighted by Crippen LogP contribution is -2.23. The molecule has 0 saturated heterocycles. The fourth-order valence-corrected chi connectivity index (χ4v) is 1.17. The Morgan fingerprint density at radius 2 is 1.56 bits per heavy atom. The Balaban J connectivity index is 3.03. The van der Waals surface area contributed by atoms with E-state index in [9.17, 15) is 18.0 Å². The Kier molecular flexibility index (Phi) is 3.41. The summed E-state index contributed by atoms with van der Waals surface area (Å²) in [6, 6.07) is 1.16. The maximum absolute atomic E-state index is 13.2. The van der Waals surface area contributed by atoms with Gasteiger partial charge in [0.2, 0.25) is 0 Å². The number of ketones is 1. The summed E-state index contributed by atoms with van der Waals surface area (Å²) in [7, 11) is 0. The molecule has 0 N–H and O–H groups in total. The summed E-state index contributed by atoms with van der Waals surface area (Å²) in [5.41, 5.74) is -1.05. The van der Waals surface area contributed by atoms with Crippen LogP contribution in [0.1, 0.15) is 26.3 Å². The molecule has 0 radical (unpaired) electrons. The van der Waals surface area contributed by atoms with E-state index in [2.05, 4.69) is 0 Å². The van der Waals surface area contributed by atoms with Gasteiger partial charge in [-0.15, -0.1) is 0 Å². The second kappa shape index (κ2) is 4.28. The molecule has 1 aromatic rings. The van der Waals surface area contributed by atoms with Crippen molar-refractivity contribution in [2.75, 3.05) is 0 Å². The van der Waals surface area contributed by atoms with Crippen LogP contribution in [-0.4, -0.2) is 5.78 Å². The van der Waals surface area contributed by atoms with Gasteiger partial charge in [0.05, 0.1) is 0 Å². The van der Waals surface area contributed by atoms with Gasteiger partial charge in [-0.3, -0.25) is 4.79 Å². The van der Waals surface area contributed by atoms with Gasteiger partial charge in [-0.25, -0.2) is 13.2 Å². The van der Waals surface area contributed by atoms with Gasteiger partial charge in [-0.2, -0.15) is 0 Å². The highest BCUT2D eigenvalue weighted by Gasteiger charge is 2.24. The van der Waals surface area contributed by atoms with E-state index >= 15 is 0 Å². The smallest absolute Gasteiger partial charge is 0.142 e. The molecule has 0 saturated carbocycles. The average Bonchev–Trinajstić information content (AvgIpc) is 2.08. The second-order valence-corrected chi connectivity index (χ2v) is 4.70. The number of carbonyl (C=O) groups is 1. The van der Waals surface area contributed by atoms with Crippen molar-refractivity contribution in [1.82, 2.24) is 0 Å². The molecule has 0 aliphatic heterocycles. The van der Waals surface area contributed by atoms with Crippen LogP contribution in [0.15, 0.2) is 12.1 Å². The molecule has 1 rings (SSSR count). The van der Waals surface area contributed by atoms with Crippen molar-refractivity contribution in [3.8, 4) is 0 Å². The molecular formula is C12H13F3O. The first-order chi connectivity index (χ1) is 7.21. The zero-order chi connectivity index (χ0) is 12.5. The number of benzene rings is 1. The minimum absolute atomic E-state index is 0.295. The standard InChI is InChI=1S/C12H13F3O/c1-12(2,3)11(16)6-8-9(14)4-7(13)5-10(8)15/h4-5H,6H2,1-3H3. The van der Waals surface area contributed by atoms with Crippen molar-refractivity contribution < 1.29 is 18.0 Å². The third-order valence-corrected chi connectivity index (χ3v) is 2.28. The lowest BCUT2D eigenvalue weighted by molar-refractivity contribution is -0.125. The van der Waals surface area contributed by atoms with Crippen molar-refractivity contribution in [2.24, 2.45) is 5.41 Å². The van der Waals surface area contributed by atoms with Crippen LogP contribution < -0.4 is 0 Å². The lowest BCUT2D eigenvalue weighted by Gasteiger charge is -2.16. The molecule has 0 aromatic heterocycles. The predicted molar refractivity (Wildman–Crippen MR) is 54.5 cm³/mol. The zero-order valence-corrected chi connectivity index (χ0v) is 9.40. The van der Waals surface area contributed by atoms with E-state index in [1.807, 2.05) is 0 Å². The van der Waals surface area contributed by atoms with E-state index in [0.717, 1.165) is 0 Å². The first kappa shape index (κ1) is 12.7. The summed E-state index contributed by atoms with van der Waals surface area (Å²) in [4.78, 5) is 11.6. The number of Topliss-reactive ketones (excluding diaryl/α,β-unsaturated/α-hetero) is 1. The van der Waals surface area contributed by atoms with E-state index < -0.39 is 22.9 Å². The summed E-state index contributed by atoms with van der Waals surface area (Å²) >= 11 is 0. The Morgan fingerprint density at radius 3 is 1.94 bits per heavy atom. The Labute approximate surface area is 92.3 Å². The maximum Gasteiger partial charge on any atom is 0.142 e. The second-order valence-electron chi connectivity index (χ2n) is 4.70. The van der Waals surface area contributed by atoms with E-state index in [4.69, 9.17) is 0 Å². The topological polar surface area (TPSA) is 17.1 Å². The number of hydrogen-bond acceptors (Lipinski definition) is 1. The molecule has 0 fully saturated rings. The van der Waals surface area contributed by atoms with Gasteiger partial charge in [-0.05, 0) is 0 Å². The fourth-order valence-electron chi connectivity index (χ4n) is 1.17. The third-order valence-electron chi connectivity index (χ3n) is 2.28. The Morgan fingerprint density at radius 1 is 1.12 bits per heavy atom. The maximum atomic E-state index is 13.2. The molecule has 0 heterocycles. The van der Waals surface area contributed by atoms with Gasteiger partial charge in [0, 0.05) is 29.5 Å². The van der Waals surface area contributed by atoms with Crippen LogP contribution in [0.4, 0.5) is 13.2 Å². The van der Waals surface area contributed by atoms with Crippen LogP contribution in [0.2, 0.25) is 0 Å². The van der Waals surface area contributed by atoms with Crippen LogP contribution in [0.25, 0.3) is 0 Å². The molecule has 0 unspecified atom stereocenters. The normalized spacial score (nSPS) is 11.6. The van der Waals surface area contributed by atoms with E-state index in [1.54, 1.807) is 20.8 Å². The molecule has 88 valence electrons. The van der Waals surface area contributed by atoms with Gasteiger partial charge < -0.3 is 0 Å². The third kappa shape index (κ3) is 2.84. The fraction of sp³-hybridized carbons (Fsp3) is 0.417. The molecule has 4 heteroatoms. The van der Waals surface area contributed by atoms with Gasteiger partial charge in [-0.1, -0.05) is 20.8 Å². The molecule has 0 spiro atoms. The predicted octanol–water partition coefficient (Wildman–Crippen LogP) is 3.26. The number of halogens is 3. The Bertz CT molecular complexity index is 396. The van der Waals surface area contributed by atoms with Crippen molar-refractivity contribution in [3.63, 3.8) is 0 Å². The minimum Gasteiger partial charge on any atom is -0.299 e. The van der Waals surface area contributed by atoms with Crippen LogP contribution in [-0.2, 0) is 11.2 Å². The van der Waals surface area contributed by atoms with Crippen molar-refractivity contribution >= 4 is 5.78 Å². The molecule has 1 nitrogen and oxygen atoms in total. The van der Waals surface area contributed by atoms with Gasteiger partial charge in [0.1, 0.15) is 23.2 Å². The van der Waals surface area contributed by atoms with Gasteiger partial charge >= 0.3 is 0 Å². The highest BCUT2D eigenvalue weighted by molar-refractivity contribution is 5.85. The summed E-state index contributed by atoms with van der Waals surface area (Å²) in [5.74, 6) is -3.32. The molecule has 16 heavy (non-hydrogen) atoms. The monoisotopic (exact) mass is 230 g/mol. The summed E-state index contributed by atoms with van der Waals surface area (Å²) < 4.78 is 39.1. The first-order valence-corrected chi connectivity index (χ1v) is 4.88.